The number of fused-ring (bicyclic) bond motifs is 3. The van der Waals surface area contributed by atoms with E-state index in [0.29, 0.717) is 31.1 Å². The number of halogens is 2. The third-order valence-corrected chi connectivity index (χ3v) is 6.72. The van der Waals surface area contributed by atoms with E-state index in [9.17, 15) is 9.18 Å². The number of nitrogens with zero attached hydrogens (tertiary/aromatic N) is 1. The summed E-state index contributed by atoms with van der Waals surface area (Å²) in [5.41, 5.74) is 6.01. The molecule has 5 rings (SSSR count). The standard InChI is InChI=1S/C28H27ClFN3O4/c29-19-5-12-25-24(17-19)23-13-15-33(28(34)37-22-10-6-20(30)7-11-22)27(26(23)32-25)18-3-8-21(9-4-18)36-16-2-1-14-31-35/h3-12,17,27,31-32,35H,1-2,13-16H2. The predicted octanol–water partition coefficient (Wildman–Crippen LogP) is 6.24. The summed E-state index contributed by atoms with van der Waals surface area (Å²) in [6.45, 7) is 1.49. The number of unbranched alkanes of at least 4 members (excludes halogenated alkanes) is 1. The van der Waals surface area contributed by atoms with Crippen LogP contribution in [0.4, 0.5) is 9.18 Å². The molecule has 1 unspecified atom stereocenters. The van der Waals surface area contributed by atoms with Crippen molar-refractivity contribution in [2.45, 2.75) is 25.3 Å². The molecule has 0 bridgehead atoms. The van der Waals surface area contributed by atoms with Crippen LogP contribution in [0.15, 0.2) is 66.7 Å². The second-order valence-corrected chi connectivity index (χ2v) is 9.34. The van der Waals surface area contributed by atoms with E-state index in [-0.39, 0.29) is 5.75 Å². The van der Waals surface area contributed by atoms with Crippen LogP contribution in [-0.2, 0) is 6.42 Å². The van der Waals surface area contributed by atoms with Crippen molar-refractivity contribution in [3.05, 3.63) is 94.4 Å². The molecule has 192 valence electrons. The molecule has 2 heterocycles. The van der Waals surface area contributed by atoms with Gasteiger partial charge in [-0.3, -0.25) is 4.90 Å². The highest BCUT2D eigenvalue weighted by Crippen LogP contribution is 2.40. The number of aromatic amines is 1. The van der Waals surface area contributed by atoms with Gasteiger partial charge in [0.2, 0.25) is 0 Å². The van der Waals surface area contributed by atoms with Crippen molar-refractivity contribution in [3.8, 4) is 11.5 Å². The normalized spacial score (nSPS) is 15.0. The minimum absolute atomic E-state index is 0.277. The van der Waals surface area contributed by atoms with E-state index in [1.165, 1.54) is 24.3 Å². The van der Waals surface area contributed by atoms with Gasteiger partial charge in [0, 0.05) is 34.7 Å². The van der Waals surface area contributed by atoms with Gasteiger partial charge >= 0.3 is 6.09 Å². The number of H-pyrrole nitrogens is 1. The summed E-state index contributed by atoms with van der Waals surface area (Å²) in [4.78, 5) is 18.5. The molecule has 0 saturated heterocycles. The number of hydroxylamine groups is 1. The van der Waals surface area contributed by atoms with Crippen LogP contribution in [0.5, 0.6) is 11.5 Å². The number of nitrogens with one attached hydrogen (secondary N) is 2. The molecule has 1 aromatic heterocycles. The topological polar surface area (TPSA) is 86.8 Å². The first-order valence-electron chi connectivity index (χ1n) is 12.2. The number of carbonyl (C=O) groups excluding carboxylic acids is 1. The molecule has 0 radical (unpaired) electrons. The van der Waals surface area contributed by atoms with Crippen molar-refractivity contribution in [1.82, 2.24) is 15.4 Å². The summed E-state index contributed by atoms with van der Waals surface area (Å²) in [6.07, 6.45) is 1.72. The van der Waals surface area contributed by atoms with E-state index in [1.807, 2.05) is 42.5 Å². The van der Waals surface area contributed by atoms with E-state index in [0.717, 1.165) is 46.3 Å². The molecule has 7 nitrogen and oxygen atoms in total. The minimum Gasteiger partial charge on any atom is -0.494 e. The monoisotopic (exact) mass is 523 g/mol. The first-order chi connectivity index (χ1) is 18.0. The number of ether oxygens (including phenoxy) is 2. The number of hydrogen-bond acceptors (Lipinski definition) is 5. The lowest BCUT2D eigenvalue weighted by molar-refractivity contribution is 0.135. The Bertz CT molecular complexity index is 1370. The molecule has 0 saturated carbocycles. The smallest absolute Gasteiger partial charge is 0.416 e. The van der Waals surface area contributed by atoms with Crippen LogP contribution in [0.3, 0.4) is 0 Å². The average Bonchev–Trinajstić information content (AvgIpc) is 3.27. The number of benzene rings is 3. The molecule has 1 amide bonds. The third kappa shape index (κ3) is 5.56. The summed E-state index contributed by atoms with van der Waals surface area (Å²) in [7, 11) is 0. The molecule has 1 atom stereocenters. The van der Waals surface area contributed by atoms with Crippen molar-refractivity contribution in [1.29, 1.82) is 0 Å². The molecule has 1 aliphatic rings. The highest BCUT2D eigenvalue weighted by Gasteiger charge is 2.35. The number of carbonyl (C=O) groups is 1. The zero-order chi connectivity index (χ0) is 25.8. The van der Waals surface area contributed by atoms with E-state index >= 15 is 0 Å². The van der Waals surface area contributed by atoms with Crippen molar-refractivity contribution in [2.24, 2.45) is 0 Å². The van der Waals surface area contributed by atoms with E-state index < -0.39 is 18.0 Å². The zero-order valence-electron chi connectivity index (χ0n) is 20.0. The largest absolute Gasteiger partial charge is 0.494 e. The van der Waals surface area contributed by atoms with Crippen molar-refractivity contribution < 1.29 is 23.9 Å². The van der Waals surface area contributed by atoms with Gasteiger partial charge < -0.3 is 19.7 Å². The van der Waals surface area contributed by atoms with Crippen LogP contribution < -0.4 is 15.0 Å². The Hall–Kier alpha value is -3.59. The number of amides is 1. The van der Waals surface area contributed by atoms with E-state index in [4.69, 9.17) is 26.3 Å². The highest BCUT2D eigenvalue weighted by atomic mass is 35.5. The van der Waals surface area contributed by atoms with Gasteiger partial charge in [-0.1, -0.05) is 23.7 Å². The molecule has 0 fully saturated rings. The van der Waals surface area contributed by atoms with Gasteiger partial charge in [-0.2, -0.15) is 0 Å². The summed E-state index contributed by atoms with van der Waals surface area (Å²) in [5.74, 6) is 0.601. The van der Waals surface area contributed by atoms with Crippen LogP contribution in [-0.4, -0.2) is 40.9 Å². The number of rotatable bonds is 8. The fourth-order valence-electron chi connectivity index (χ4n) is 4.71. The van der Waals surface area contributed by atoms with E-state index in [1.54, 1.807) is 4.90 Å². The van der Waals surface area contributed by atoms with Gasteiger partial charge in [0.05, 0.1) is 6.61 Å². The summed E-state index contributed by atoms with van der Waals surface area (Å²) in [5, 5.41) is 10.4. The van der Waals surface area contributed by atoms with Gasteiger partial charge in [0.25, 0.3) is 0 Å². The molecule has 4 aromatic rings. The van der Waals surface area contributed by atoms with Crippen molar-refractivity contribution in [2.75, 3.05) is 19.7 Å². The SMILES string of the molecule is O=C(Oc1ccc(F)cc1)N1CCc2c([nH]c3ccc(Cl)cc23)C1c1ccc(OCCCCNO)cc1. The van der Waals surface area contributed by atoms with Crippen LogP contribution in [0.1, 0.15) is 35.7 Å². The predicted molar refractivity (Wildman–Crippen MR) is 139 cm³/mol. The van der Waals surface area contributed by atoms with Gasteiger partial charge in [-0.15, -0.1) is 0 Å². The Labute approximate surface area is 218 Å². The Kier molecular flexibility index (Phi) is 7.60. The van der Waals surface area contributed by atoms with Gasteiger partial charge in [-0.25, -0.2) is 14.7 Å². The Morgan fingerprint density at radius 1 is 1.08 bits per heavy atom. The van der Waals surface area contributed by atoms with E-state index in [2.05, 4.69) is 10.5 Å². The Balaban J connectivity index is 1.44. The van der Waals surface area contributed by atoms with Crippen LogP contribution in [0.2, 0.25) is 5.02 Å². The van der Waals surface area contributed by atoms with Crippen molar-refractivity contribution >= 4 is 28.6 Å². The molecule has 0 aliphatic carbocycles. The lowest BCUT2D eigenvalue weighted by Crippen LogP contribution is -2.42. The van der Waals surface area contributed by atoms with Crippen LogP contribution >= 0.6 is 11.6 Å². The summed E-state index contributed by atoms with van der Waals surface area (Å²) < 4.78 is 24.8. The fourth-order valence-corrected chi connectivity index (χ4v) is 4.88. The van der Waals surface area contributed by atoms with Gasteiger partial charge in [0.15, 0.2) is 0 Å². The lowest BCUT2D eigenvalue weighted by atomic mass is 9.92. The lowest BCUT2D eigenvalue weighted by Gasteiger charge is -2.35. The molecule has 1 aliphatic heterocycles. The number of aromatic nitrogens is 1. The quantitative estimate of drug-likeness (QED) is 0.188. The first-order valence-corrected chi connectivity index (χ1v) is 12.5. The molecule has 0 spiro atoms. The zero-order valence-corrected chi connectivity index (χ0v) is 20.8. The highest BCUT2D eigenvalue weighted by molar-refractivity contribution is 6.31. The maximum absolute atomic E-state index is 13.3. The fraction of sp³-hybridized carbons (Fsp3) is 0.250. The first kappa shape index (κ1) is 25.1. The Morgan fingerprint density at radius 3 is 2.59 bits per heavy atom. The van der Waals surface area contributed by atoms with Gasteiger partial charge in [0.1, 0.15) is 23.4 Å². The molecule has 3 aromatic carbocycles. The second kappa shape index (κ2) is 11.2. The maximum Gasteiger partial charge on any atom is 0.416 e. The molecular weight excluding hydrogens is 497 g/mol. The Morgan fingerprint density at radius 2 is 1.84 bits per heavy atom. The molecule has 37 heavy (non-hydrogen) atoms. The molecule has 3 N–H and O–H groups in total. The molecule has 9 heteroatoms. The maximum atomic E-state index is 13.3. The molecular formula is C28H27ClFN3O4. The van der Waals surface area contributed by atoms with Gasteiger partial charge in [-0.05, 0) is 85.0 Å². The average molecular weight is 524 g/mol. The minimum atomic E-state index is -0.517. The van der Waals surface area contributed by atoms with Crippen LogP contribution in [0.25, 0.3) is 10.9 Å². The number of hydrogen-bond donors (Lipinski definition) is 3. The second-order valence-electron chi connectivity index (χ2n) is 8.91. The van der Waals surface area contributed by atoms with Crippen molar-refractivity contribution in [3.63, 3.8) is 0 Å². The third-order valence-electron chi connectivity index (χ3n) is 6.49. The van der Waals surface area contributed by atoms with Crippen LogP contribution in [0, 0.1) is 5.82 Å². The summed E-state index contributed by atoms with van der Waals surface area (Å²) >= 11 is 6.28. The summed E-state index contributed by atoms with van der Waals surface area (Å²) in [6, 6.07) is 18.4.